The first kappa shape index (κ1) is 9.78. The maximum absolute atomic E-state index is 13.2. The maximum Gasteiger partial charge on any atom is 0.125 e. The van der Waals surface area contributed by atoms with E-state index in [2.05, 4.69) is 5.10 Å². The number of aromatic nitrogens is 2. The van der Waals surface area contributed by atoms with Crippen LogP contribution in [0.25, 0.3) is 10.9 Å². The van der Waals surface area contributed by atoms with E-state index in [0.717, 1.165) is 30.2 Å². The number of hydrogen-bond donors (Lipinski definition) is 1. The molecule has 2 aromatic rings. The van der Waals surface area contributed by atoms with Crippen LogP contribution in [0.3, 0.4) is 0 Å². The van der Waals surface area contributed by atoms with E-state index in [9.17, 15) is 9.50 Å². The number of benzene rings is 1. The normalized spacial score (nSPS) is 25.4. The summed E-state index contributed by atoms with van der Waals surface area (Å²) in [6, 6.07) is 4.63. The molecule has 0 aliphatic heterocycles. The highest BCUT2D eigenvalue weighted by Crippen LogP contribution is 2.32. The Balaban J connectivity index is 2.12. The van der Waals surface area contributed by atoms with E-state index in [1.165, 1.54) is 12.1 Å². The van der Waals surface area contributed by atoms with Crippen molar-refractivity contribution < 1.29 is 9.50 Å². The Labute approximate surface area is 92.5 Å². The first-order chi connectivity index (χ1) is 7.75. The second kappa shape index (κ2) is 3.56. The van der Waals surface area contributed by atoms with Gasteiger partial charge in [0.15, 0.2) is 0 Å². The fraction of sp³-hybridized carbons (Fsp3) is 0.417. The monoisotopic (exact) mass is 220 g/mol. The molecule has 3 nitrogen and oxygen atoms in total. The van der Waals surface area contributed by atoms with E-state index in [1.54, 1.807) is 16.9 Å². The lowest BCUT2D eigenvalue weighted by atomic mass is 10.2. The first-order valence-corrected chi connectivity index (χ1v) is 5.56. The lowest BCUT2D eigenvalue weighted by Crippen LogP contribution is -2.19. The molecule has 0 bridgehead atoms. The Morgan fingerprint density at radius 3 is 3.00 bits per heavy atom. The molecule has 84 valence electrons. The van der Waals surface area contributed by atoms with Crippen LogP contribution in [0.2, 0.25) is 0 Å². The fourth-order valence-corrected chi connectivity index (χ4v) is 2.48. The average molecular weight is 220 g/mol. The summed E-state index contributed by atoms with van der Waals surface area (Å²) in [5, 5.41) is 15.0. The van der Waals surface area contributed by atoms with Gasteiger partial charge in [-0.3, -0.25) is 4.68 Å². The van der Waals surface area contributed by atoms with E-state index in [4.69, 9.17) is 0 Å². The maximum atomic E-state index is 13.2. The highest BCUT2D eigenvalue weighted by atomic mass is 19.1. The Morgan fingerprint density at radius 1 is 1.38 bits per heavy atom. The quantitative estimate of drug-likeness (QED) is 0.800. The zero-order valence-corrected chi connectivity index (χ0v) is 8.81. The van der Waals surface area contributed by atoms with Crippen molar-refractivity contribution in [1.29, 1.82) is 0 Å². The van der Waals surface area contributed by atoms with Crippen LogP contribution in [0, 0.1) is 5.82 Å². The van der Waals surface area contributed by atoms with Gasteiger partial charge in [0.25, 0.3) is 0 Å². The third kappa shape index (κ3) is 1.41. The van der Waals surface area contributed by atoms with Gasteiger partial charge in [0.2, 0.25) is 0 Å². The molecular formula is C12H13FN2O. The molecule has 2 atom stereocenters. The van der Waals surface area contributed by atoms with Crippen LogP contribution in [0.5, 0.6) is 0 Å². The van der Waals surface area contributed by atoms with Gasteiger partial charge in [-0.15, -0.1) is 0 Å². The number of rotatable bonds is 1. The lowest BCUT2D eigenvalue weighted by Gasteiger charge is -2.16. The summed E-state index contributed by atoms with van der Waals surface area (Å²) in [6.07, 6.45) is 4.09. The minimum Gasteiger partial charge on any atom is -0.391 e. The lowest BCUT2D eigenvalue weighted by molar-refractivity contribution is 0.132. The molecule has 1 N–H and O–H groups in total. The van der Waals surface area contributed by atoms with Crippen LogP contribution in [0.4, 0.5) is 4.39 Å². The standard InChI is InChI=1S/C12H13FN2O/c13-9-5-4-8-7-14-15(11(8)6-9)10-2-1-3-12(10)16/h4-7,10,12,16H,1-3H2. The number of aliphatic hydroxyl groups excluding tert-OH is 1. The summed E-state index contributed by atoms with van der Waals surface area (Å²) in [5.74, 6) is -0.262. The van der Waals surface area contributed by atoms with Gasteiger partial charge in [0, 0.05) is 5.39 Å². The van der Waals surface area contributed by atoms with Crippen LogP contribution in [-0.2, 0) is 0 Å². The highest BCUT2D eigenvalue weighted by Gasteiger charge is 2.28. The Morgan fingerprint density at radius 2 is 2.25 bits per heavy atom. The number of aliphatic hydroxyl groups is 1. The molecule has 1 saturated carbocycles. The Kier molecular flexibility index (Phi) is 2.17. The molecule has 16 heavy (non-hydrogen) atoms. The molecule has 0 amide bonds. The second-order valence-electron chi connectivity index (χ2n) is 4.36. The van der Waals surface area contributed by atoms with Crippen molar-refractivity contribution in [2.75, 3.05) is 0 Å². The third-order valence-electron chi connectivity index (χ3n) is 3.32. The molecule has 0 radical (unpaired) electrons. The molecule has 1 aliphatic rings. The molecule has 0 saturated heterocycles. The van der Waals surface area contributed by atoms with E-state index >= 15 is 0 Å². The van der Waals surface area contributed by atoms with Gasteiger partial charge < -0.3 is 5.11 Å². The van der Waals surface area contributed by atoms with Gasteiger partial charge in [-0.2, -0.15) is 5.10 Å². The van der Waals surface area contributed by atoms with Crippen molar-refractivity contribution in [2.45, 2.75) is 31.4 Å². The van der Waals surface area contributed by atoms with Crippen molar-refractivity contribution in [3.8, 4) is 0 Å². The Bertz CT molecular complexity index is 523. The van der Waals surface area contributed by atoms with E-state index in [-0.39, 0.29) is 18.0 Å². The number of fused-ring (bicyclic) bond motifs is 1. The average Bonchev–Trinajstić information content (AvgIpc) is 2.83. The number of hydrogen-bond acceptors (Lipinski definition) is 2. The molecule has 1 aromatic carbocycles. The van der Waals surface area contributed by atoms with E-state index < -0.39 is 0 Å². The van der Waals surface area contributed by atoms with Gasteiger partial charge in [0.05, 0.1) is 23.9 Å². The number of nitrogens with zero attached hydrogens (tertiary/aromatic N) is 2. The van der Waals surface area contributed by atoms with Crippen molar-refractivity contribution >= 4 is 10.9 Å². The van der Waals surface area contributed by atoms with Gasteiger partial charge in [-0.05, 0) is 37.5 Å². The van der Waals surface area contributed by atoms with Crippen LogP contribution < -0.4 is 0 Å². The molecule has 1 fully saturated rings. The summed E-state index contributed by atoms with van der Waals surface area (Å²) in [5.41, 5.74) is 0.769. The molecule has 1 heterocycles. The zero-order chi connectivity index (χ0) is 11.1. The van der Waals surface area contributed by atoms with Crippen LogP contribution in [0.15, 0.2) is 24.4 Å². The molecule has 1 aliphatic carbocycles. The van der Waals surface area contributed by atoms with Crippen LogP contribution in [0.1, 0.15) is 25.3 Å². The smallest absolute Gasteiger partial charge is 0.125 e. The summed E-state index contributed by atoms with van der Waals surface area (Å²) in [6.45, 7) is 0. The van der Waals surface area contributed by atoms with Crippen molar-refractivity contribution in [3.05, 3.63) is 30.2 Å². The fourth-order valence-electron chi connectivity index (χ4n) is 2.48. The molecule has 0 spiro atoms. The van der Waals surface area contributed by atoms with E-state index in [1.807, 2.05) is 0 Å². The second-order valence-corrected chi connectivity index (χ2v) is 4.36. The van der Waals surface area contributed by atoms with Gasteiger partial charge in [0.1, 0.15) is 5.82 Å². The van der Waals surface area contributed by atoms with E-state index in [0.29, 0.717) is 0 Å². The summed E-state index contributed by atoms with van der Waals surface area (Å²) < 4.78 is 14.9. The van der Waals surface area contributed by atoms with Crippen molar-refractivity contribution in [2.24, 2.45) is 0 Å². The minimum absolute atomic E-state index is 0.000648. The predicted octanol–water partition coefficient (Wildman–Crippen LogP) is 2.26. The SMILES string of the molecule is OC1CCCC1n1ncc2ccc(F)cc21. The molecule has 4 heteroatoms. The van der Waals surface area contributed by atoms with Crippen LogP contribution in [-0.4, -0.2) is 21.0 Å². The topological polar surface area (TPSA) is 38.0 Å². The molecular weight excluding hydrogens is 207 g/mol. The van der Waals surface area contributed by atoms with Gasteiger partial charge >= 0.3 is 0 Å². The molecule has 3 rings (SSSR count). The third-order valence-corrected chi connectivity index (χ3v) is 3.32. The van der Waals surface area contributed by atoms with Crippen LogP contribution >= 0.6 is 0 Å². The summed E-state index contributed by atoms with van der Waals surface area (Å²) >= 11 is 0. The highest BCUT2D eigenvalue weighted by molar-refractivity contribution is 5.78. The summed E-state index contributed by atoms with van der Waals surface area (Å²) in [7, 11) is 0. The Hall–Kier alpha value is -1.42. The number of halogens is 1. The van der Waals surface area contributed by atoms with Gasteiger partial charge in [-0.25, -0.2) is 4.39 Å². The largest absolute Gasteiger partial charge is 0.391 e. The van der Waals surface area contributed by atoms with Crippen molar-refractivity contribution in [1.82, 2.24) is 9.78 Å². The molecule has 2 unspecified atom stereocenters. The zero-order valence-electron chi connectivity index (χ0n) is 8.81. The predicted molar refractivity (Wildman–Crippen MR) is 58.6 cm³/mol. The minimum atomic E-state index is -0.355. The first-order valence-electron chi connectivity index (χ1n) is 5.56. The van der Waals surface area contributed by atoms with Gasteiger partial charge in [-0.1, -0.05) is 0 Å². The molecule has 1 aromatic heterocycles. The van der Waals surface area contributed by atoms with Crippen molar-refractivity contribution in [3.63, 3.8) is 0 Å². The summed E-state index contributed by atoms with van der Waals surface area (Å²) in [4.78, 5) is 0.